The lowest BCUT2D eigenvalue weighted by Gasteiger charge is -2.18. The van der Waals surface area contributed by atoms with Gasteiger partial charge in [0.15, 0.2) is 0 Å². The summed E-state index contributed by atoms with van der Waals surface area (Å²) in [6, 6.07) is 3.80. The number of anilines is 1. The zero-order chi connectivity index (χ0) is 13.8. The molecule has 0 radical (unpaired) electrons. The zero-order valence-corrected chi connectivity index (χ0v) is 13.1. The van der Waals surface area contributed by atoms with Gasteiger partial charge in [-0.1, -0.05) is 0 Å². The fourth-order valence-corrected chi connectivity index (χ4v) is 2.73. The third-order valence-corrected chi connectivity index (χ3v) is 3.83. The Kier molecular flexibility index (Phi) is 4.55. The third kappa shape index (κ3) is 3.33. The Morgan fingerprint density at radius 2 is 2.37 bits per heavy atom. The lowest BCUT2D eigenvalue weighted by molar-refractivity contribution is 0.0786. The highest BCUT2D eigenvalue weighted by molar-refractivity contribution is 9.10. The van der Waals surface area contributed by atoms with Crippen LogP contribution < -0.4 is 5.32 Å². The molecule has 0 saturated carbocycles. The molecule has 0 unspecified atom stereocenters. The van der Waals surface area contributed by atoms with Crippen molar-refractivity contribution >= 4 is 39.0 Å². The minimum absolute atomic E-state index is 0.0515. The molecule has 0 saturated heterocycles. The molecule has 0 atom stereocenters. The minimum Gasteiger partial charge on any atom is -0.372 e. The van der Waals surface area contributed by atoms with Gasteiger partial charge < -0.3 is 10.2 Å². The van der Waals surface area contributed by atoms with Crippen molar-refractivity contribution in [1.82, 2.24) is 9.88 Å². The first kappa shape index (κ1) is 14.0. The normalized spacial score (nSPS) is 10.3. The minimum atomic E-state index is -0.0515. The van der Waals surface area contributed by atoms with Gasteiger partial charge in [0, 0.05) is 31.3 Å². The van der Waals surface area contributed by atoms with E-state index in [-0.39, 0.29) is 5.91 Å². The van der Waals surface area contributed by atoms with Crippen LogP contribution in [-0.2, 0) is 6.54 Å². The van der Waals surface area contributed by atoms with Crippen LogP contribution in [0.1, 0.15) is 15.9 Å². The Morgan fingerprint density at radius 3 is 3.00 bits per heavy atom. The third-order valence-electron chi connectivity index (χ3n) is 2.67. The largest absolute Gasteiger partial charge is 0.372 e. The Morgan fingerprint density at radius 1 is 1.58 bits per heavy atom. The van der Waals surface area contributed by atoms with Gasteiger partial charge in [0.05, 0.1) is 5.56 Å². The van der Waals surface area contributed by atoms with Crippen LogP contribution >= 0.6 is 27.3 Å². The number of nitrogens with one attached hydrogen (secondary N) is 1. The maximum atomic E-state index is 12.4. The van der Waals surface area contributed by atoms with E-state index in [4.69, 9.17) is 0 Å². The Labute approximate surface area is 124 Å². The van der Waals surface area contributed by atoms with Crippen LogP contribution in [0.15, 0.2) is 33.6 Å². The standard InChI is InChI=1S/C13H14BrN3OS/c1-15-12-11(5-10(14)6-16-12)13(18)17(2)7-9-3-4-19-8-9/h3-6,8H,7H2,1-2H3,(H,15,16). The van der Waals surface area contributed by atoms with E-state index in [9.17, 15) is 4.79 Å². The summed E-state index contributed by atoms with van der Waals surface area (Å²) >= 11 is 4.97. The number of hydrogen-bond acceptors (Lipinski definition) is 4. The number of rotatable bonds is 4. The van der Waals surface area contributed by atoms with Gasteiger partial charge in [0.25, 0.3) is 5.91 Å². The number of thiophene rings is 1. The highest BCUT2D eigenvalue weighted by atomic mass is 79.9. The lowest BCUT2D eigenvalue weighted by atomic mass is 10.2. The van der Waals surface area contributed by atoms with E-state index in [0.29, 0.717) is 17.9 Å². The SMILES string of the molecule is CNc1ncc(Br)cc1C(=O)N(C)Cc1ccsc1. The molecule has 0 aromatic carbocycles. The van der Waals surface area contributed by atoms with E-state index in [1.807, 2.05) is 16.8 Å². The molecule has 1 amide bonds. The molecule has 19 heavy (non-hydrogen) atoms. The predicted molar refractivity (Wildman–Crippen MR) is 81.6 cm³/mol. The molecule has 0 bridgehead atoms. The zero-order valence-electron chi connectivity index (χ0n) is 10.7. The van der Waals surface area contributed by atoms with Gasteiger partial charge in [-0.2, -0.15) is 11.3 Å². The van der Waals surface area contributed by atoms with Crippen LogP contribution in [0.25, 0.3) is 0 Å². The fourth-order valence-electron chi connectivity index (χ4n) is 1.74. The second-order valence-corrected chi connectivity index (χ2v) is 5.79. The molecule has 100 valence electrons. The summed E-state index contributed by atoms with van der Waals surface area (Å²) in [6.45, 7) is 0.595. The molecule has 0 spiro atoms. The number of nitrogens with zero attached hydrogens (tertiary/aromatic N) is 2. The average molecular weight is 340 g/mol. The highest BCUT2D eigenvalue weighted by Gasteiger charge is 2.17. The number of pyridine rings is 1. The van der Waals surface area contributed by atoms with Gasteiger partial charge in [0.2, 0.25) is 0 Å². The van der Waals surface area contributed by atoms with Crippen LogP contribution in [0, 0.1) is 0 Å². The predicted octanol–water partition coefficient (Wildman–Crippen LogP) is 3.22. The van der Waals surface area contributed by atoms with E-state index >= 15 is 0 Å². The van der Waals surface area contributed by atoms with E-state index in [0.717, 1.165) is 10.0 Å². The average Bonchev–Trinajstić information content (AvgIpc) is 2.90. The van der Waals surface area contributed by atoms with Crippen molar-refractivity contribution in [2.45, 2.75) is 6.54 Å². The number of hydrogen-bond donors (Lipinski definition) is 1. The molecular formula is C13H14BrN3OS. The van der Waals surface area contributed by atoms with Gasteiger partial charge in [-0.3, -0.25) is 4.79 Å². The number of carbonyl (C=O) groups is 1. The van der Waals surface area contributed by atoms with Crippen LogP contribution in [0.4, 0.5) is 5.82 Å². The monoisotopic (exact) mass is 339 g/mol. The first-order valence-corrected chi connectivity index (χ1v) is 7.45. The summed E-state index contributed by atoms with van der Waals surface area (Å²) in [5.74, 6) is 0.537. The number of halogens is 1. The smallest absolute Gasteiger partial charge is 0.257 e. The first-order chi connectivity index (χ1) is 9.11. The molecule has 6 heteroatoms. The van der Waals surface area contributed by atoms with E-state index in [1.165, 1.54) is 0 Å². The van der Waals surface area contributed by atoms with Crippen molar-refractivity contribution in [3.05, 3.63) is 44.7 Å². The second-order valence-electron chi connectivity index (χ2n) is 4.09. The number of amides is 1. The van der Waals surface area contributed by atoms with Crippen molar-refractivity contribution in [3.63, 3.8) is 0 Å². The van der Waals surface area contributed by atoms with Crippen molar-refractivity contribution in [3.8, 4) is 0 Å². The summed E-state index contributed by atoms with van der Waals surface area (Å²) in [6.07, 6.45) is 1.67. The summed E-state index contributed by atoms with van der Waals surface area (Å²) in [5.41, 5.74) is 1.70. The summed E-state index contributed by atoms with van der Waals surface area (Å²) in [4.78, 5) is 18.3. The molecule has 0 aliphatic carbocycles. The van der Waals surface area contributed by atoms with Gasteiger partial charge >= 0.3 is 0 Å². The molecule has 0 aliphatic rings. The molecule has 2 aromatic rings. The van der Waals surface area contributed by atoms with Crippen molar-refractivity contribution in [2.75, 3.05) is 19.4 Å². The molecule has 2 rings (SSSR count). The van der Waals surface area contributed by atoms with Crippen LogP contribution in [0.2, 0.25) is 0 Å². The number of aromatic nitrogens is 1. The fraction of sp³-hybridized carbons (Fsp3) is 0.231. The Bertz CT molecular complexity index is 571. The quantitative estimate of drug-likeness (QED) is 0.930. The molecular weight excluding hydrogens is 326 g/mol. The molecule has 2 aromatic heterocycles. The highest BCUT2D eigenvalue weighted by Crippen LogP contribution is 2.20. The maximum absolute atomic E-state index is 12.4. The van der Waals surface area contributed by atoms with Gasteiger partial charge in [-0.05, 0) is 44.4 Å². The molecule has 1 N–H and O–H groups in total. The lowest BCUT2D eigenvalue weighted by Crippen LogP contribution is -2.27. The van der Waals surface area contributed by atoms with Crippen LogP contribution in [0.3, 0.4) is 0 Å². The maximum Gasteiger partial charge on any atom is 0.257 e. The van der Waals surface area contributed by atoms with Crippen LogP contribution in [0.5, 0.6) is 0 Å². The summed E-state index contributed by atoms with van der Waals surface area (Å²) in [5, 5.41) is 6.99. The topological polar surface area (TPSA) is 45.2 Å². The van der Waals surface area contributed by atoms with Crippen LogP contribution in [-0.4, -0.2) is 29.9 Å². The summed E-state index contributed by atoms with van der Waals surface area (Å²) in [7, 11) is 3.55. The van der Waals surface area contributed by atoms with Crippen molar-refractivity contribution < 1.29 is 4.79 Å². The Hall–Kier alpha value is -1.40. The van der Waals surface area contributed by atoms with Gasteiger partial charge in [-0.15, -0.1) is 0 Å². The molecule has 0 aliphatic heterocycles. The van der Waals surface area contributed by atoms with E-state index in [2.05, 4.69) is 26.2 Å². The number of carbonyl (C=O) groups excluding carboxylic acids is 1. The first-order valence-electron chi connectivity index (χ1n) is 5.71. The van der Waals surface area contributed by atoms with E-state index < -0.39 is 0 Å². The van der Waals surface area contributed by atoms with E-state index in [1.54, 1.807) is 42.6 Å². The van der Waals surface area contributed by atoms with Gasteiger partial charge in [-0.25, -0.2) is 4.98 Å². The molecule has 2 heterocycles. The van der Waals surface area contributed by atoms with Crippen molar-refractivity contribution in [2.24, 2.45) is 0 Å². The van der Waals surface area contributed by atoms with Gasteiger partial charge in [0.1, 0.15) is 5.82 Å². The molecule has 0 fully saturated rings. The molecule has 4 nitrogen and oxygen atoms in total. The Balaban J connectivity index is 2.21. The summed E-state index contributed by atoms with van der Waals surface area (Å²) < 4.78 is 0.791. The van der Waals surface area contributed by atoms with Crippen molar-refractivity contribution in [1.29, 1.82) is 0 Å². The second kappa shape index (κ2) is 6.16.